The van der Waals surface area contributed by atoms with E-state index in [2.05, 4.69) is 37.9 Å². The third-order valence-electron chi connectivity index (χ3n) is 3.05. The molecule has 4 nitrogen and oxygen atoms in total. The van der Waals surface area contributed by atoms with Gasteiger partial charge in [0.15, 0.2) is 0 Å². The summed E-state index contributed by atoms with van der Waals surface area (Å²) < 4.78 is 0. The fraction of sp³-hybridized carbons (Fsp3) is 0.133. The van der Waals surface area contributed by atoms with Gasteiger partial charge in [0.25, 0.3) is 0 Å². The fourth-order valence-corrected chi connectivity index (χ4v) is 3.26. The zero-order chi connectivity index (χ0) is 15.4. The van der Waals surface area contributed by atoms with Gasteiger partial charge < -0.3 is 10.4 Å². The average Bonchev–Trinajstić information content (AvgIpc) is 2.53. The molecule has 0 saturated heterocycles. The van der Waals surface area contributed by atoms with Gasteiger partial charge >= 0.3 is 0 Å². The average molecular weight is 411 g/mol. The van der Waals surface area contributed by atoms with E-state index in [9.17, 15) is 10.5 Å². The first-order chi connectivity index (χ1) is 10.0. The maximum atomic E-state index is 10.9. The van der Waals surface area contributed by atoms with Crippen LogP contribution in [-0.2, 0) is 0 Å². The van der Waals surface area contributed by atoms with Crippen LogP contribution < -0.4 is 5.23 Å². The number of alkyl halides is 2. The van der Waals surface area contributed by atoms with Gasteiger partial charge in [0, 0.05) is 0 Å². The zero-order valence-corrected chi connectivity index (χ0v) is 14.0. The lowest BCUT2D eigenvalue weighted by Crippen LogP contribution is -2.08. The lowest BCUT2D eigenvalue weighted by Gasteiger charge is -2.24. The Kier molecular flexibility index (Phi) is 5.37. The molecule has 0 radical (unpaired) electrons. The van der Waals surface area contributed by atoms with Crippen molar-refractivity contribution in [2.45, 2.75) is 9.65 Å². The second kappa shape index (κ2) is 7.05. The summed E-state index contributed by atoms with van der Waals surface area (Å²) in [6, 6.07) is 16.3. The summed E-state index contributed by atoms with van der Waals surface area (Å²) in [6.07, 6.45) is 0. The van der Waals surface area contributed by atoms with E-state index < -0.39 is 0 Å². The molecule has 0 fully saturated rings. The number of anilines is 1. The van der Waals surface area contributed by atoms with E-state index in [4.69, 9.17) is 5.21 Å². The lowest BCUT2D eigenvalue weighted by atomic mass is 9.99. The molecule has 0 aliphatic rings. The fourth-order valence-electron chi connectivity index (χ4n) is 1.96. The van der Waals surface area contributed by atoms with Crippen molar-refractivity contribution in [1.82, 2.24) is 0 Å². The summed E-state index contributed by atoms with van der Waals surface area (Å²) in [5.41, 5.74) is 2.18. The van der Waals surface area contributed by atoms with Gasteiger partial charge in [-0.3, -0.25) is 5.21 Å². The van der Waals surface area contributed by atoms with Crippen molar-refractivity contribution < 1.29 is 5.21 Å². The molecule has 21 heavy (non-hydrogen) atoms. The van der Waals surface area contributed by atoms with Gasteiger partial charge in [-0.25, -0.2) is 0 Å². The highest BCUT2D eigenvalue weighted by Crippen LogP contribution is 2.43. The highest BCUT2D eigenvalue weighted by molar-refractivity contribution is 9.12. The molecule has 0 aliphatic heterocycles. The van der Waals surface area contributed by atoms with Gasteiger partial charge in [-0.1, -0.05) is 68.3 Å². The summed E-state index contributed by atoms with van der Waals surface area (Å²) in [4.78, 5) is -0.184. The number of hydrogen-bond donors (Lipinski definition) is 1. The molecule has 0 spiro atoms. The minimum atomic E-state index is -0.253. The minimum Gasteiger partial charge on any atom is -0.733 e. The molecule has 2 atom stereocenters. The van der Waals surface area contributed by atoms with Crippen molar-refractivity contribution in [1.29, 1.82) is 5.26 Å². The van der Waals surface area contributed by atoms with Crippen LogP contribution in [0.25, 0.3) is 0 Å². The second-order valence-electron chi connectivity index (χ2n) is 4.37. The van der Waals surface area contributed by atoms with Crippen LogP contribution >= 0.6 is 31.9 Å². The quantitative estimate of drug-likeness (QED) is 0.579. The first-order valence-corrected chi connectivity index (χ1v) is 7.91. The van der Waals surface area contributed by atoms with E-state index in [0.29, 0.717) is 5.56 Å². The molecule has 6 heteroatoms. The lowest BCUT2D eigenvalue weighted by molar-refractivity contribution is 0.296. The summed E-state index contributed by atoms with van der Waals surface area (Å²) in [5, 5.41) is 28.8. The Morgan fingerprint density at radius 3 is 2.33 bits per heavy atom. The third-order valence-corrected chi connectivity index (χ3v) is 5.84. The Bertz CT molecular complexity index is 656. The Hall–Kier alpha value is -1.39. The standard InChI is InChI=1S/C15H11Br2N2O2/c16-14(10-4-2-1-3-5-10)15(17)13-7-6-12(19(20)21)8-11(13)9-18/h1-8,14-15,20H/q-1/t14-,15+/m1/s1. The Morgan fingerprint density at radius 1 is 1.10 bits per heavy atom. The summed E-state index contributed by atoms with van der Waals surface area (Å²) in [5.74, 6) is 0. The van der Waals surface area contributed by atoms with Crippen molar-refractivity contribution in [2.24, 2.45) is 0 Å². The minimum absolute atomic E-state index is 0.0285. The molecule has 0 aliphatic carbocycles. The van der Waals surface area contributed by atoms with E-state index in [-0.39, 0.29) is 20.6 Å². The van der Waals surface area contributed by atoms with Crippen LogP contribution in [-0.4, -0.2) is 5.21 Å². The maximum Gasteiger partial charge on any atom is 0.0995 e. The number of nitriles is 1. The van der Waals surface area contributed by atoms with Crippen LogP contribution in [0.1, 0.15) is 26.3 Å². The van der Waals surface area contributed by atoms with Crippen molar-refractivity contribution in [3.8, 4) is 6.07 Å². The summed E-state index contributed by atoms with van der Waals surface area (Å²) in [6.45, 7) is 0. The molecule has 2 aromatic rings. The van der Waals surface area contributed by atoms with Crippen LogP contribution in [0.2, 0.25) is 0 Å². The molecular formula is C15H11Br2N2O2-. The molecular weight excluding hydrogens is 400 g/mol. The van der Waals surface area contributed by atoms with Crippen LogP contribution in [0.4, 0.5) is 5.69 Å². The van der Waals surface area contributed by atoms with Crippen LogP contribution in [0.3, 0.4) is 0 Å². The Labute approximate surface area is 139 Å². The summed E-state index contributed by atoms with van der Waals surface area (Å²) >= 11 is 7.21. The maximum absolute atomic E-state index is 10.9. The molecule has 0 bridgehead atoms. The monoisotopic (exact) mass is 409 g/mol. The van der Waals surface area contributed by atoms with E-state index in [1.807, 2.05) is 30.3 Å². The first-order valence-electron chi connectivity index (χ1n) is 6.08. The highest BCUT2D eigenvalue weighted by atomic mass is 79.9. The molecule has 2 rings (SSSR count). The molecule has 0 amide bonds. The van der Waals surface area contributed by atoms with Gasteiger partial charge in [-0.15, -0.1) is 0 Å². The number of rotatable bonds is 4. The van der Waals surface area contributed by atoms with Crippen molar-refractivity contribution >= 4 is 37.5 Å². The van der Waals surface area contributed by atoms with Gasteiger partial charge in [0.2, 0.25) is 0 Å². The number of hydrogen-bond acceptors (Lipinski definition) is 4. The Balaban J connectivity index is 2.35. The van der Waals surface area contributed by atoms with E-state index >= 15 is 0 Å². The van der Waals surface area contributed by atoms with Crippen LogP contribution in [0.15, 0.2) is 48.5 Å². The third kappa shape index (κ3) is 3.63. The normalized spacial score (nSPS) is 13.3. The summed E-state index contributed by atoms with van der Waals surface area (Å²) in [7, 11) is 0. The second-order valence-corrected chi connectivity index (χ2v) is 6.34. The highest BCUT2D eigenvalue weighted by Gasteiger charge is 2.22. The first kappa shape index (κ1) is 16.0. The SMILES string of the molecule is N#Cc1cc(N([O-])O)ccc1[C@H](Br)[C@H](Br)c1ccccc1. The van der Waals surface area contributed by atoms with E-state index in [1.54, 1.807) is 6.07 Å². The Morgan fingerprint density at radius 2 is 1.76 bits per heavy atom. The topological polar surface area (TPSA) is 70.3 Å². The predicted molar refractivity (Wildman–Crippen MR) is 88.6 cm³/mol. The van der Waals surface area contributed by atoms with Gasteiger partial charge in [0.05, 0.1) is 27.0 Å². The molecule has 0 saturated carbocycles. The molecule has 108 valence electrons. The molecule has 0 unspecified atom stereocenters. The van der Waals surface area contributed by atoms with Crippen LogP contribution in [0, 0.1) is 16.5 Å². The number of nitrogens with zero attached hydrogens (tertiary/aromatic N) is 2. The van der Waals surface area contributed by atoms with Crippen molar-refractivity contribution in [2.75, 3.05) is 5.23 Å². The molecule has 2 aromatic carbocycles. The number of halogens is 2. The zero-order valence-electron chi connectivity index (χ0n) is 10.8. The molecule has 1 N–H and O–H groups in total. The predicted octanol–water partition coefficient (Wildman–Crippen LogP) is 4.82. The van der Waals surface area contributed by atoms with Gasteiger partial charge in [0.1, 0.15) is 0 Å². The largest absolute Gasteiger partial charge is 0.733 e. The smallest absolute Gasteiger partial charge is 0.0995 e. The van der Waals surface area contributed by atoms with Gasteiger partial charge in [-0.05, 0) is 23.3 Å². The van der Waals surface area contributed by atoms with Gasteiger partial charge in [-0.2, -0.15) is 5.26 Å². The van der Waals surface area contributed by atoms with Crippen molar-refractivity contribution in [3.63, 3.8) is 0 Å². The number of benzene rings is 2. The molecule has 0 heterocycles. The van der Waals surface area contributed by atoms with Crippen molar-refractivity contribution in [3.05, 3.63) is 70.4 Å². The van der Waals surface area contributed by atoms with E-state index in [1.165, 1.54) is 12.1 Å². The van der Waals surface area contributed by atoms with E-state index in [0.717, 1.165) is 11.1 Å². The molecule has 0 aromatic heterocycles. The van der Waals surface area contributed by atoms with Crippen LogP contribution in [0.5, 0.6) is 0 Å².